The lowest BCUT2D eigenvalue weighted by Crippen LogP contribution is -2.37. The predicted octanol–water partition coefficient (Wildman–Crippen LogP) is -0.00250. The normalized spacial score (nSPS) is 18.6. The molecule has 0 saturated carbocycles. The highest BCUT2D eigenvalue weighted by molar-refractivity contribution is 7.19. The molecular weight excluding hydrogens is 292 g/mol. The molecule has 1 aromatic heterocycles. The van der Waals surface area contributed by atoms with E-state index in [1.165, 1.54) is 18.4 Å². The van der Waals surface area contributed by atoms with Crippen molar-refractivity contribution in [2.75, 3.05) is 37.4 Å². The van der Waals surface area contributed by atoms with Gasteiger partial charge in [0.15, 0.2) is 0 Å². The molecule has 1 atom stereocenters. The molecule has 1 aromatic rings. The van der Waals surface area contributed by atoms with Crippen molar-refractivity contribution in [3.63, 3.8) is 0 Å². The summed E-state index contributed by atoms with van der Waals surface area (Å²) in [5.74, 6) is -0.812. The summed E-state index contributed by atoms with van der Waals surface area (Å²) in [6.45, 7) is 1.49. The van der Waals surface area contributed by atoms with Gasteiger partial charge < -0.3 is 26.8 Å². The van der Waals surface area contributed by atoms with Crippen LogP contribution in [0.4, 0.5) is 10.7 Å². The number of thiophene rings is 1. The first kappa shape index (κ1) is 15.6. The number of hydrogen-bond acceptors (Lipinski definition) is 6. The van der Waals surface area contributed by atoms with Crippen molar-refractivity contribution in [3.05, 3.63) is 10.4 Å². The molecule has 1 aliphatic rings. The van der Waals surface area contributed by atoms with E-state index in [1.54, 1.807) is 0 Å². The predicted molar refractivity (Wildman–Crippen MR) is 82.7 cm³/mol. The topological polar surface area (TPSA) is 122 Å². The van der Waals surface area contributed by atoms with E-state index in [9.17, 15) is 14.7 Å². The fourth-order valence-electron chi connectivity index (χ4n) is 2.57. The number of nitrogens with one attached hydrogen (secondary N) is 1. The van der Waals surface area contributed by atoms with Crippen LogP contribution in [0.2, 0.25) is 0 Å². The minimum absolute atomic E-state index is 0.103. The van der Waals surface area contributed by atoms with E-state index in [0.29, 0.717) is 16.4 Å². The molecule has 0 aliphatic carbocycles. The van der Waals surface area contributed by atoms with Crippen LogP contribution in [0, 0.1) is 5.92 Å². The molecule has 2 heterocycles. The molecule has 1 unspecified atom stereocenters. The molecule has 7 nitrogen and oxygen atoms in total. The molecule has 8 heteroatoms. The molecular formula is C13H20N4O3S. The van der Waals surface area contributed by atoms with E-state index >= 15 is 0 Å². The highest BCUT2D eigenvalue weighted by atomic mass is 32.1. The second-order valence-electron chi connectivity index (χ2n) is 5.11. The van der Waals surface area contributed by atoms with Gasteiger partial charge >= 0.3 is 0 Å². The monoisotopic (exact) mass is 312 g/mol. The zero-order chi connectivity index (χ0) is 15.6. The van der Waals surface area contributed by atoms with Gasteiger partial charge in [0.25, 0.3) is 11.8 Å². The van der Waals surface area contributed by atoms with Crippen LogP contribution in [0.1, 0.15) is 32.9 Å². The summed E-state index contributed by atoms with van der Waals surface area (Å²) in [7, 11) is 1.51. The van der Waals surface area contributed by atoms with Gasteiger partial charge in [-0.15, -0.1) is 11.3 Å². The Labute approximate surface area is 126 Å². The molecule has 116 valence electrons. The summed E-state index contributed by atoms with van der Waals surface area (Å²) in [4.78, 5) is 25.8. The first-order valence-electron chi connectivity index (χ1n) is 6.79. The van der Waals surface area contributed by atoms with Crippen molar-refractivity contribution in [1.82, 2.24) is 5.32 Å². The number of nitrogens with two attached hydrogens (primary N) is 2. The van der Waals surface area contributed by atoms with Crippen LogP contribution in [0.5, 0.6) is 0 Å². The molecule has 0 radical (unpaired) electrons. The van der Waals surface area contributed by atoms with E-state index in [-0.39, 0.29) is 29.7 Å². The molecule has 0 spiro atoms. The van der Waals surface area contributed by atoms with Gasteiger partial charge in [0, 0.05) is 26.7 Å². The number of amides is 2. The van der Waals surface area contributed by atoms with Gasteiger partial charge in [0.05, 0.1) is 11.3 Å². The Morgan fingerprint density at radius 1 is 1.52 bits per heavy atom. The van der Waals surface area contributed by atoms with Crippen molar-refractivity contribution in [1.29, 1.82) is 0 Å². The van der Waals surface area contributed by atoms with Crippen LogP contribution < -0.4 is 21.7 Å². The standard InChI is InChI=1S/C13H20N4O3S/c1-16-12(20)10-9(14)8(11(15)19)13(21-10)17-4-2-3-7(5-17)6-18/h7,18H,2-6,14H2,1H3,(H2,15,19)(H,16,20). The Morgan fingerprint density at radius 3 is 2.81 bits per heavy atom. The fraction of sp³-hybridized carbons (Fsp3) is 0.538. The third-order valence-corrected chi connectivity index (χ3v) is 4.94. The number of carbonyl (C=O) groups is 2. The number of hydrogen-bond donors (Lipinski definition) is 4. The maximum absolute atomic E-state index is 11.8. The maximum atomic E-state index is 11.8. The third-order valence-electron chi connectivity index (χ3n) is 3.67. The lowest BCUT2D eigenvalue weighted by atomic mass is 9.99. The largest absolute Gasteiger partial charge is 0.397 e. The van der Waals surface area contributed by atoms with Gasteiger partial charge in [-0.05, 0) is 18.8 Å². The van der Waals surface area contributed by atoms with Gasteiger partial charge in [-0.2, -0.15) is 0 Å². The van der Waals surface area contributed by atoms with Gasteiger partial charge in [0.2, 0.25) is 0 Å². The maximum Gasteiger partial charge on any atom is 0.263 e. The van der Waals surface area contributed by atoms with Crippen molar-refractivity contribution in [3.8, 4) is 0 Å². The quantitative estimate of drug-likeness (QED) is 0.623. The minimum Gasteiger partial charge on any atom is -0.397 e. The summed E-state index contributed by atoms with van der Waals surface area (Å²) in [6, 6.07) is 0. The fourth-order valence-corrected chi connectivity index (χ4v) is 3.78. The molecule has 1 aliphatic heterocycles. The summed E-state index contributed by atoms with van der Waals surface area (Å²) >= 11 is 1.17. The summed E-state index contributed by atoms with van der Waals surface area (Å²) < 4.78 is 0. The number of aliphatic hydroxyl groups is 1. The van der Waals surface area contributed by atoms with Gasteiger partial charge in [0.1, 0.15) is 9.88 Å². The third kappa shape index (κ3) is 2.96. The Hall–Kier alpha value is -1.80. The van der Waals surface area contributed by atoms with Crippen LogP contribution in [0.3, 0.4) is 0 Å². The number of nitrogens with zero attached hydrogens (tertiary/aromatic N) is 1. The lowest BCUT2D eigenvalue weighted by Gasteiger charge is -2.33. The Bertz CT molecular complexity index is 558. The summed E-state index contributed by atoms with van der Waals surface area (Å²) in [6.07, 6.45) is 1.86. The first-order valence-corrected chi connectivity index (χ1v) is 7.61. The van der Waals surface area contributed by atoms with E-state index in [0.717, 1.165) is 19.4 Å². The Kier molecular flexibility index (Phi) is 4.69. The zero-order valence-corrected chi connectivity index (χ0v) is 12.7. The smallest absolute Gasteiger partial charge is 0.263 e. The van der Waals surface area contributed by atoms with Gasteiger partial charge in [-0.3, -0.25) is 9.59 Å². The van der Waals surface area contributed by atoms with Crippen molar-refractivity contribution in [2.24, 2.45) is 11.7 Å². The van der Waals surface area contributed by atoms with Crippen LogP contribution in [-0.4, -0.2) is 43.7 Å². The highest BCUT2D eigenvalue weighted by Gasteiger charge is 2.29. The van der Waals surface area contributed by atoms with Crippen LogP contribution >= 0.6 is 11.3 Å². The lowest BCUT2D eigenvalue weighted by molar-refractivity contribution is 0.0967. The molecule has 2 amide bonds. The van der Waals surface area contributed by atoms with Crippen LogP contribution in [0.25, 0.3) is 0 Å². The van der Waals surface area contributed by atoms with Gasteiger partial charge in [-0.25, -0.2) is 0 Å². The number of rotatable bonds is 4. The van der Waals surface area contributed by atoms with E-state index < -0.39 is 5.91 Å². The number of nitrogen functional groups attached to an aromatic ring is 1. The SMILES string of the molecule is CNC(=O)c1sc(N2CCCC(CO)C2)c(C(N)=O)c1N. The number of piperidine rings is 1. The summed E-state index contributed by atoms with van der Waals surface area (Å²) in [5.41, 5.74) is 11.7. The van der Waals surface area contributed by atoms with Crippen molar-refractivity contribution >= 4 is 33.8 Å². The second kappa shape index (κ2) is 6.31. The minimum atomic E-state index is -0.639. The average Bonchev–Trinajstić information content (AvgIpc) is 2.84. The van der Waals surface area contributed by atoms with E-state index in [2.05, 4.69) is 5.32 Å². The van der Waals surface area contributed by atoms with Crippen molar-refractivity contribution in [2.45, 2.75) is 12.8 Å². The molecule has 2 rings (SSSR count). The van der Waals surface area contributed by atoms with E-state index in [4.69, 9.17) is 11.5 Å². The Balaban J connectivity index is 2.42. The molecule has 6 N–H and O–H groups in total. The number of anilines is 2. The molecule has 0 bridgehead atoms. The molecule has 1 fully saturated rings. The molecule has 1 saturated heterocycles. The van der Waals surface area contributed by atoms with Crippen LogP contribution in [0.15, 0.2) is 0 Å². The first-order chi connectivity index (χ1) is 9.99. The molecule has 21 heavy (non-hydrogen) atoms. The number of carbonyl (C=O) groups excluding carboxylic acids is 2. The Morgan fingerprint density at radius 2 is 2.24 bits per heavy atom. The van der Waals surface area contributed by atoms with Gasteiger partial charge in [-0.1, -0.05) is 0 Å². The second-order valence-corrected chi connectivity index (χ2v) is 6.10. The average molecular weight is 312 g/mol. The van der Waals surface area contributed by atoms with E-state index in [1.807, 2.05) is 4.90 Å². The number of aliphatic hydroxyl groups excluding tert-OH is 1. The van der Waals surface area contributed by atoms with Crippen LogP contribution in [-0.2, 0) is 0 Å². The highest BCUT2D eigenvalue weighted by Crippen LogP contribution is 2.39. The van der Waals surface area contributed by atoms with Crippen molar-refractivity contribution < 1.29 is 14.7 Å². The number of primary amides is 1. The summed E-state index contributed by atoms with van der Waals surface area (Å²) in [5, 5.41) is 12.4. The zero-order valence-electron chi connectivity index (χ0n) is 11.9. The molecule has 0 aromatic carbocycles.